The van der Waals surface area contributed by atoms with Gasteiger partial charge < -0.3 is 19.1 Å². The fourth-order valence-electron chi connectivity index (χ4n) is 3.64. The molecule has 0 bridgehead atoms. The monoisotopic (exact) mass is 454 g/mol. The van der Waals surface area contributed by atoms with Crippen molar-refractivity contribution >= 4 is 33.8 Å². The summed E-state index contributed by atoms with van der Waals surface area (Å²) < 4.78 is 13.2. The number of aromatic nitrogens is 3. The summed E-state index contributed by atoms with van der Waals surface area (Å²) in [5, 5.41) is 14.3. The van der Waals surface area contributed by atoms with Gasteiger partial charge in [-0.1, -0.05) is 38.1 Å². The molecule has 1 amide bonds. The minimum atomic E-state index is -0.981. The second-order valence-electron chi connectivity index (χ2n) is 8.55. The molecule has 0 saturated heterocycles. The molecule has 8 nitrogen and oxygen atoms in total. The molecule has 2 N–H and O–H groups in total. The number of aliphatic hydroxyl groups is 1. The Morgan fingerprint density at radius 3 is 2.67 bits per heavy atom. The summed E-state index contributed by atoms with van der Waals surface area (Å²) in [5.74, 6) is 0.969. The molecule has 2 aromatic heterocycles. The Balaban J connectivity index is 2.11. The predicted octanol–water partition coefficient (Wildman–Crippen LogP) is 5.19. The molecule has 1 unspecified atom stereocenters. The summed E-state index contributed by atoms with van der Waals surface area (Å²) in [6, 6.07) is 7.67. The van der Waals surface area contributed by atoms with Crippen molar-refractivity contribution < 1.29 is 19.4 Å². The maximum atomic E-state index is 12.7. The Morgan fingerprint density at radius 2 is 2.00 bits per heavy atom. The number of rotatable bonds is 10. The summed E-state index contributed by atoms with van der Waals surface area (Å²) in [4.78, 5) is 22.1. The second kappa shape index (κ2) is 10.8. The summed E-state index contributed by atoms with van der Waals surface area (Å²) in [7, 11) is 0. The van der Waals surface area contributed by atoms with Crippen LogP contribution in [-0.2, 0) is 22.6 Å². The highest BCUT2D eigenvalue weighted by Crippen LogP contribution is 2.31. The average Bonchev–Trinajstić information content (AvgIpc) is 3.12. The van der Waals surface area contributed by atoms with E-state index in [1.165, 1.54) is 0 Å². The van der Waals surface area contributed by atoms with Gasteiger partial charge in [-0.15, -0.1) is 0 Å². The number of para-hydroxylation sites is 1. The van der Waals surface area contributed by atoms with Crippen molar-refractivity contribution in [2.45, 2.75) is 72.3 Å². The molecule has 1 atom stereocenters. The minimum absolute atomic E-state index is 0.277. The van der Waals surface area contributed by atoms with Crippen molar-refractivity contribution in [2.75, 3.05) is 11.9 Å². The van der Waals surface area contributed by atoms with Crippen LogP contribution in [-0.4, -0.2) is 44.0 Å². The number of hydrogen-bond donors (Lipinski definition) is 2. The normalized spacial score (nSPS) is 13.2. The third kappa shape index (κ3) is 6.09. The highest BCUT2D eigenvalue weighted by atomic mass is 16.6. The van der Waals surface area contributed by atoms with Crippen molar-refractivity contribution in [3.63, 3.8) is 0 Å². The van der Waals surface area contributed by atoms with E-state index < -0.39 is 11.7 Å². The van der Waals surface area contributed by atoms with E-state index in [0.29, 0.717) is 42.2 Å². The van der Waals surface area contributed by atoms with Crippen LogP contribution in [0, 0.1) is 0 Å². The Kier molecular flexibility index (Phi) is 8.05. The SMILES string of the molecule is CC/C=C/C(CC)OC(=O)Nc1nc2ccccc2c2c1nc(COCC)n2CC(C)(C)O. The molecular weight excluding hydrogens is 420 g/mol. The highest BCUT2D eigenvalue weighted by Gasteiger charge is 2.24. The van der Waals surface area contributed by atoms with Gasteiger partial charge in [0.2, 0.25) is 0 Å². The molecule has 0 saturated carbocycles. The summed E-state index contributed by atoms with van der Waals surface area (Å²) in [6.45, 7) is 10.5. The van der Waals surface area contributed by atoms with E-state index in [0.717, 1.165) is 17.3 Å². The number of carbonyl (C=O) groups excluding carboxylic acids is 1. The van der Waals surface area contributed by atoms with Gasteiger partial charge in [-0.05, 0) is 45.8 Å². The average molecular weight is 455 g/mol. The van der Waals surface area contributed by atoms with Crippen molar-refractivity contribution in [2.24, 2.45) is 0 Å². The molecule has 3 rings (SSSR count). The molecule has 0 fully saturated rings. The number of amides is 1. The van der Waals surface area contributed by atoms with E-state index >= 15 is 0 Å². The number of nitrogens with one attached hydrogen (secondary N) is 1. The van der Waals surface area contributed by atoms with Gasteiger partial charge in [0.15, 0.2) is 5.82 Å². The van der Waals surface area contributed by atoms with Crippen LogP contribution >= 0.6 is 0 Å². The van der Waals surface area contributed by atoms with Gasteiger partial charge in [0.1, 0.15) is 24.1 Å². The number of carbonyl (C=O) groups is 1. The fourth-order valence-corrected chi connectivity index (χ4v) is 3.64. The first kappa shape index (κ1) is 24.7. The van der Waals surface area contributed by atoms with Crippen LogP contribution in [0.15, 0.2) is 36.4 Å². The fraction of sp³-hybridized carbons (Fsp3) is 0.480. The summed E-state index contributed by atoms with van der Waals surface area (Å²) >= 11 is 0. The summed E-state index contributed by atoms with van der Waals surface area (Å²) in [6.07, 6.45) is 4.50. The van der Waals surface area contributed by atoms with Crippen LogP contribution in [0.2, 0.25) is 0 Å². The molecule has 3 aromatic rings. The zero-order valence-electron chi connectivity index (χ0n) is 20.1. The number of allylic oxidation sites excluding steroid dienone is 1. The van der Waals surface area contributed by atoms with Crippen LogP contribution in [0.4, 0.5) is 10.6 Å². The summed E-state index contributed by atoms with van der Waals surface area (Å²) in [5.41, 5.74) is 1.04. The maximum absolute atomic E-state index is 12.7. The van der Waals surface area contributed by atoms with E-state index in [9.17, 15) is 9.90 Å². The number of ether oxygens (including phenoxy) is 2. The molecule has 33 heavy (non-hydrogen) atoms. The van der Waals surface area contributed by atoms with Crippen molar-refractivity contribution in [3.8, 4) is 0 Å². The van der Waals surface area contributed by atoms with E-state index in [4.69, 9.17) is 14.5 Å². The molecule has 8 heteroatoms. The number of benzene rings is 1. The van der Waals surface area contributed by atoms with E-state index in [2.05, 4.69) is 10.3 Å². The molecular formula is C25H34N4O4. The van der Waals surface area contributed by atoms with Gasteiger partial charge in [-0.3, -0.25) is 5.32 Å². The number of nitrogens with zero attached hydrogens (tertiary/aromatic N) is 3. The molecule has 2 heterocycles. The molecule has 1 aromatic carbocycles. The van der Waals surface area contributed by atoms with E-state index in [1.807, 2.05) is 61.8 Å². The zero-order valence-corrected chi connectivity index (χ0v) is 20.1. The van der Waals surface area contributed by atoms with Crippen molar-refractivity contribution in [1.82, 2.24) is 14.5 Å². The first-order chi connectivity index (χ1) is 15.8. The Bertz CT molecular complexity index is 1130. The van der Waals surface area contributed by atoms with Crippen LogP contribution in [0.5, 0.6) is 0 Å². The number of fused-ring (bicyclic) bond motifs is 3. The van der Waals surface area contributed by atoms with Gasteiger partial charge in [0, 0.05) is 12.0 Å². The third-order valence-corrected chi connectivity index (χ3v) is 5.11. The minimum Gasteiger partial charge on any atom is -0.442 e. The van der Waals surface area contributed by atoms with E-state index in [-0.39, 0.29) is 12.7 Å². The lowest BCUT2D eigenvalue weighted by Crippen LogP contribution is -2.27. The number of hydrogen-bond acceptors (Lipinski definition) is 6. The Hall–Kier alpha value is -2.97. The first-order valence-corrected chi connectivity index (χ1v) is 11.5. The van der Waals surface area contributed by atoms with Gasteiger partial charge in [-0.2, -0.15) is 0 Å². The van der Waals surface area contributed by atoms with Gasteiger partial charge in [0.25, 0.3) is 0 Å². The smallest absolute Gasteiger partial charge is 0.413 e. The molecule has 0 radical (unpaired) electrons. The molecule has 0 aliphatic carbocycles. The van der Waals surface area contributed by atoms with Gasteiger partial charge in [-0.25, -0.2) is 14.8 Å². The zero-order chi connectivity index (χ0) is 24.0. The number of anilines is 1. The van der Waals surface area contributed by atoms with E-state index in [1.54, 1.807) is 13.8 Å². The number of imidazole rings is 1. The van der Waals surface area contributed by atoms with Crippen LogP contribution in [0.25, 0.3) is 21.9 Å². The molecule has 178 valence electrons. The quantitative estimate of drug-likeness (QED) is 0.409. The topological polar surface area (TPSA) is 98.5 Å². The first-order valence-electron chi connectivity index (χ1n) is 11.5. The lowest BCUT2D eigenvalue weighted by molar-refractivity contribution is 0.0582. The third-order valence-electron chi connectivity index (χ3n) is 5.11. The molecule has 0 aliphatic rings. The lowest BCUT2D eigenvalue weighted by atomic mass is 10.1. The number of pyridine rings is 1. The van der Waals surface area contributed by atoms with Gasteiger partial charge in [0.05, 0.1) is 23.2 Å². The Morgan fingerprint density at radius 1 is 1.24 bits per heavy atom. The largest absolute Gasteiger partial charge is 0.442 e. The van der Waals surface area contributed by atoms with Crippen LogP contribution in [0.1, 0.15) is 53.3 Å². The standard InChI is InChI=1S/C25H34N4O4/c1-6-9-12-17(7-2)33-24(30)28-23-21-22(18-13-10-11-14-19(18)26-23)29(16-25(4,5)31)20(27-21)15-32-8-3/h9-14,17,31H,6-8,15-16H2,1-5H3,(H,26,28,30)/b12-9+. The van der Waals surface area contributed by atoms with Crippen LogP contribution < -0.4 is 5.32 Å². The maximum Gasteiger partial charge on any atom is 0.413 e. The molecule has 0 aliphatic heterocycles. The van der Waals surface area contributed by atoms with Crippen LogP contribution in [0.3, 0.4) is 0 Å². The second-order valence-corrected chi connectivity index (χ2v) is 8.55. The molecule has 0 spiro atoms. The Labute approximate surface area is 194 Å². The van der Waals surface area contributed by atoms with Crippen molar-refractivity contribution in [1.29, 1.82) is 0 Å². The van der Waals surface area contributed by atoms with Gasteiger partial charge >= 0.3 is 6.09 Å². The predicted molar refractivity (Wildman–Crippen MR) is 130 cm³/mol. The lowest BCUT2D eigenvalue weighted by Gasteiger charge is -2.21. The van der Waals surface area contributed by atoms with Crippen molar-refractivity contribution in [3.05, 3.63) is 42.2 Å². The highest BCUT2D eigenvalue weighted by molar-refractivity contribution is 6.09.